The third kappa shape index (κ3) is 2.51. The van der Waals surface area contributed by atoms with Crippen LogP contribution in [-0.2, 0) is 9.59 Å². The van der Waals surface area contributed by atoms with Crippen LogP contribution < -0.4 is 28.2 Å². The van der Waals surface area contributed by atoms with Gasteiger partial charge in [-0.2, -0.15) is 0 Å². The Labute approximate surface area is 129 Å². The summed E-state index contributed by atoms with van der Waals surface area (Å²) >= 11 is 0. The SMILES string of the molecule is NC(=O)C(=Cc1c(N)c(O)c(N)c(C2C=CC2)c1P)C(N)=O. The van der Waals surface area contributed by atoms with Crippen molar-refractivity contribution in [1.29, 1.82) is 0 Å². The fraction of sp³-hybridized carbons (Fsp3) is 0.143. The zero-order chi connectivity index (χ0) is 16.6. The summed E-state index contributed by atoms with van der Waals surface area (Å²) in [5.41, 5.74) is 22.7. The molecule has 0 heterocycles. The fourth-order valence-corrected chi connectivity index (χ4v) is 2.89. The number of phenols is 1. The summed E-state index contributed by atoms with van der Waals surface area (Å²) < 4.78 is 0. The second-order valence-electron chi connectivity index (χ2n) is 4.97. The Hall–Kier alpha value is -2.53. The van der Waals surface area contributed by atoms with Gasteiger partial charge in [-0.25, -0.2) is 0 Å². The van der Waals surface area contributed by atoms with Crippen LogP contribution in [0.4, 0.5) is 11.4 Å². The Morgan fingerprint density at radius 1 is 1.23 bits per heavy atom. The fourth-order valence-electron chi connectivity index (χ4n) is 2.28. The highest BCUT2D eigenvalue weighted by atomic mass is 31.0. The van der Waals surface area contributed by atoms with Crippen LogP contribution in [0.5, 0.6) is 5.75 Å². The number of rotatable bonds is 4. The van der Waals surface area contributed by atoms with Gasteiger partial charge in [0.25, 0.3) is 11.8 Å². The molecule has 1 aliphatic carbocycles. The number of nitrogens with two attached hydrogens (primary N) is 4. The number of carbonyl (C=O) groups excluding carboxylic acids is 2. The van der Waals surface area contributed by atoms with Crippen molar-refractivity contribution in [3.8, 4) is 5.75 Å². The van der Waals surface area contributed by atoms with Gasteiger partial charge >= 0.3 is 0 Å². The molecule has 2 rings (SSSR count). The van der Waals surface area contributed by atoms with Gasteiger partial charge in [0.05, 0.1) is 11.4 Å². The number of anilines is 2. The van der Waals surface area contributed by atoms with Crippen molar-refractivity contribution in [1.82, 2.24) is 0 Å². The van der Waals surface area contributed by atoms with E-state index in [1.54, 1.807) is 0 Å². The third-order valence-electron chi connectivity index (χ3n) is 3.62. The lowest BCUT2D eigenvalue weighted by molar-refractivity contribution is -0.120. The Kier molecular flexibility index (Phi) is 4.10. The van der Waals surface area contributed by atoms with E-state index in [0.717, 1.165) is 6.42 Å². The van der Waals surface area contributed by atoms with Gasteiger partial charge in [0, 0.05) is 11.5 Å². The van der Waals surface area contributed by atoms with E-state index < -0.39 is 17.4 Å². The molecule has 0 bridgehead atoms. The Morgan fingerprint density at radius 3 is 2.18 bits per heavy atom. The molecule has 8 heteroatoms. The lowest BCUT2D eigenvalue weighted by Crippen LogP contribution is -2.26. The van der Waals surface area contributed by atoms with E-state index in [1.807, 2.05) is 12.2 Å². The van der Waals surface area contributed by atoms with Crippen molar-refractivity contribution in [2.45, 2.75) is 12.3 Å². The smallest absolute Gasteiger partial charge is 0.254 e. The van der Waals surface area contributed by atoms with E-state index in [0.29, 0.717) is 10.9 Å². The van der Waals surface area contributed by atoms with Gasteiger partial charge in [0.1, 0.15) is 5.57 Å². The molecule has 0 radical (unpaired) electrons. The molecule has 9 N–H and O–H groups in total. The van der Waals surface area contributed by atoms with Gasteiger partial charge < -0.3 is 28.0 Å². The first-order chi connectivity index (χ1) is 10.3. The van der Waals surface area contributed by atoms with Crippen LogP contribution in [0.1, 0.15) is 23.5 Å². The Balaban J connectivity index is 2.73. The van der Waals surface area contributed by atoms with Gasteiger partial charge in [-0.1, -0.05) is 12.2 Å². The predicted molar refractivity (Wildman–Crippen MR) is 89.1 cm³/mol. The van der Waals surface area contributed by atoms with E-state index >= 15 is 0 Å². The third-order valence-corrected chi connectivity index (χ3v) is 4.24. The maximum absolute atomic E-state index is 11.3. The molecule has 0 saturated carbocycles. The minimum Gasteiger partial charge on any atom is -0.504 e. The van der Waals surface area contributed by atoms with Crippen molar-refractivity contribution < 1.29 is 14.7 Å². The lowest BCUT2D eigenvalue weighted by Gasteiger charge is -2.25. The molecule has 2 atom stereocenters. The maximum Gasteiger partial charge on any atom is 0.254 e. The molecule has 2 amide bonds. The second-order valence-corrected chi connectivity index (χ2v) is 5.55. The predicted octanol–water partition coefficient (Wildman–Crippen LogP) is -0.546. The molecule has 7 nitrogen and oxygen atoms in total. The largest absolute Gasteiger partial charge is 0.504 e. The molecule has 1 aromatic carbocycles. The van der Waals surface area contributed by atoms with Crippen molar-refractivity contribution >= 4 is 43.8 Å². The average Bonchev–Trinajstić information content (AvgIpc) is 2.38. The van der Waals surface area contributed by atoms with Gasteiger partial charge in [-0.15, -0.1) is 9.24 Å². The number of amides is 2. The van der Waals surface area contributed by atoms with Crippen molar-refractivity contribution in [3.63, 3.8) is 0 Å². The van der Waals surface area contributed by atoms with Crippen LogP contribution >= 0.6 is 9.24 Å². The summed E-state index contributed by atoms with van der Waals surface area (Å²) in [5, 5.41) is 10.7. The number of allylic oxidation sites excluding steroid dienone is 2. The zero-order valence-electron chi connectivity index (χ0n) is 11.7. The van der Waals surface area contributed by atoms with E-state index in [4.69, 9.17) is 22.9 Å². The Bertz CT molecular complexity index is 724. The number of hydrogen-bond donors (Lipinski definition) is 5. The van der Waals surface area contributed by atoms with Crippen molar-refractivity contribution in [2.75, 3.05) is 11.5 Å². The molecule has 0 fully saturated rings. The van der Waals surface area contributed by atoms with Crippen LogP contribution in [0.3, 0.4) is 0 Å². The number of carbonyl (C=O) groups is 2. The maximum atomic E-state index is 11.3. The van der Waals surface area contributed by atoms with Crippen LogP contribution in [0, 0.1) is 0 Å². The number of benzene rings is 1. The minimum atomic E-state index is -0.974. The number of aromatic hydroxyl groups is 1. The first-order valence-electron chi connectivity index (χ1n) is 6.42. The zero-order valence-corrected chi connectivity index (χ0v) is 12.8. The highest BCUT2D eigenvalue weighted by molar-refractivity contribution is 7.28. The van der Waals surface area contributed by atoms with Crippen LogP contribution in [0.25, 0.3) is 6.08 Å². The van der Waals surface area contributed by atoms with E-state index in [9.17, 15) is 14.7 Å². The quantitative estimate of drug-likeness (QED) is 0.0956. The van der Waals surface area contributed by atoms with Gasteiger partial charge in [-0.05, 0) is 23.4 Å². The molecule has 22 heavy (non-hydrogen) atoms. The summed E-state index contributed by atoms with van der Waals surface area (Å²) in [4.78, 5) is 22.6. The number of nitrogen functional groups attached to an aromatic ring is 2. The molecule has 1 aliphatic rings. The van der Waals surface area contributed by atoms with E-state index in [2.05, 4.69) is 9.24 Å². The van der Waals surface area contributed by atoms with Crippen LogP contribution in [0.15, 0.2) is 17.7 Å². The van der Waals surface area contributed by atoms with Crippen molar-refractivity contribution in [3.05, 3.63) is 28.9 Å². The van der Waals surface area contributed by atoms with Crippen LogP contribution in [0.2, 0.25) is 0 Å². The second kappa shape index (κ2) is 5.69. The number of primary amides is 2. The average molecular weight is 320 g/mol. The van der Waals surface area contributed by atoms with E-state index in [-0.39, 0.29) is 28.6 Å². The molecule has 116 valence electrons. The normalized spacial score (nSPS) is 16.0. The molecule has 1 aromatic rings. The standard InChI is InChI=1S/C14H17N4O3P/c15-9-6(4-7(13(17)20)14(18)21)12(22)8(5-2-1-3-5)10(16)11(9)19/h1-2,4-5,19H,3,15-16,22H2,(H2,17,20)(H2,18,21). The molecule has 0 aliphatic heterocycles. The van der Waals surface area contributed by atoms with Crippen LogP contribution in [-0.4, -0.2) is 16.9 Å². The topological polar surface area (TPSA) is 158 Å². The number of hydrogen-bond acceptors (Lipinski definition) is 5. The first kappa shape index (κ1) is 15.9. The van der Waals surface area contributed by atoms with Crippen molar-refractivity contribution in [2.24, 2.45) is 11.5 Å². The summed E-state index contributed by atoms with van der Waals surface area (Å²) in [6, 6.07) is 0. The summed E-state index contributed by atoms with van der Waals surface area (Å²) in [7, 11) is 2.47. The molecule has 0 aromatic heterocycles. The molecular weight excluding hydrogens is 303 g/mol. The highest BCUT2D eigenvalue weighted by Crippen LogP contribution is 2.41. The Morgan fingerprint density at radius 2 is 1.77 bits per heavy atom. The molecule has 0 saturated heterocycles. The van der Waals surface area contributed by atoms with Gasteiger partial charge in [0.15, 0.2) is 5.75 Å². The van der Waals surface area contributed by atoms with E-state index in [1.165, 1.54) is 6.08 Å². The van der Waals surface area contributed by atoms with Gasteiger partial charge in [-0.3, -0.25) is 9.59 Å². The molecule has 2 unspecified atom stereocenters. The summed E-state index contributed by atoms with van der Waals surface area (Å²) in [5.74, 6) is -2.20. The lowest BCUT2D eigenvalue weighted by atomic mass is 9.85. The summed E-state index contributed by atoms with van der Waals surface area (Å²) in [6.45, 7) is 0. The molecule has 0 spiro atoms. The first-order valence-corrected chi connectivity index (χ1v) is 7.00. The molecular formula is C14H17N4O3P. The highest BCUT2D eigenvalue weighted by Gasteiger charge is 2.25. The summed E-state index contributed by atoms with van der Waals surface area (Å²) in [6.07, 6.45) is 5.85. The monoisotopic (exact) mass is 320 g/mol. The van der Waals surface area contributed by atoms with Gasteiger partial charge in [0.2, 0.25) is 0 Å². The number of phenolic OH excluding ortho intramolecular Hbond substituents is 1. The minimum absolute atomic E-state index is 0.0387.